The van der Waals surface area contributed by atoms with Crippen molar-refractivity contribution in [2.24, 2.45) is 0 Å². The van der Waals surface area contributed by atoms with Crippen molar-refractivity contribution in [3.63, 3.8) is 0 Å². The summed E-state index contributed by atoms with van der Waals surface area (Å²) in [5, 5.41) is 6.88. The molecule has 0 aromatic rings. The first-order valence-corrected chi connectivity index (χ1v) is 3.07. The highest BCUT2D eigenvalue weighted by Gasteiger charge is 2.19. The van der Waals surface area contributed by atoms with Gasteiger partial charge in [-0.2, -0.15) is 0 Å². The van der Waals surface area contributed by atoms with E-state index in [0.717, 1.165) is 0 Å². The maximum Gasteiger partial charge on any atom is 0.0817 e. The summed E-state index contributed by atoms with van der Waals surface area (Å²) in [5.74, 6) is 0. The maximum absolute atomic E-state index is 6.88. The Bertz CT molecular complexity index is 86.5. The Labute approximate surface area is 50.0 Å². The van der Waals surface area contributed by atoms with Gasteiger partial charge in [-0.3, -0.25) is 5.41 Å². The van der Waals surface area contributed by atoms with Gasteiger partial charge in [0.2, 0.25) is 0 Å². The van der Waals surface area contributed by atoms with Gasteiger partial charge in [0.15, 0.2) is 0 Å². The smallest absolute Gasteiger partial charge is 0.0817 e. The standard InChI is InChI=1S/C6H12N2/c1-8(5-7)6-3-2-4-6/h5-7H,2-4H2,1H3. The molecule has 2 nitrogen and oxygen atoms in total. The molecule has 1 rings (SSSR count). The fourth-order valence-corrected chi connectivity index (χ4v) is 0.899. The van der Waals surface area contributed by atoms with E-state index < -0.39 is 0 Å². The predicted octanol–water partition coefficient (Wildman–Crippen LogP) is 1.08. The molecule has 0 unspecified atom stereocenters. The van der Waals surface area contributed by atoms with Gasteiger partial charge in [0.25, 0.3) is 0 Å². The molecule has 1 aliphatic carbocycles. The molecule has 8 heavy (non-hydrogen) atoms. The first-order chi connectivity index (χ1) is 3.84. The molecule has 0 aromatic carbocycles. The van der Waals surface area contributed by atoms with E-state index in [-0.39, 0.29) is 0 Å². The minimum Gasteiger partial charge on any atom is -0.363 e. The maximum atomic E-state index is 6.88. The number of nitrogens with one attached hydrogen (secondary N) is 1. The molecule has 0 atom stereocenters. The zero-order valence-corrected chi connectivity index (χ0v) is 5.22. The lowest BCUT2D eigenvalue weighted by Crippen LogP contribution is -2.35. The number of hydrogen-bond acceptors (Lipinski definition) is 1. The van der Waals surface area contributed by atoms with Crippen molar-refractivity contribution >= 4 is 6.34 Å². The highest BCUT2D eigenvalue weighted by molar-refractivity contribution is 5.50. The van der Waals surface area contributed by atoms with Gasteiger partial charge < -0.3 is 4.90 Å². The highest BCUT2D eigenvalue weighted by Crippen LogP contribution is 2.21. The van der Waals surface area contributed by atoms with E-state index in [9.17, 15) is 0 Å². The molecule has 0 aliphatic heterocycles. The largest absolute Gasteiger partial charge is 0.363 e. The van der Waals surface area contributed by atoms with Gasteiger partial charge in [0, 0.05) is 13.1 Å². The zero-order chi connectivity index (χ0) is 5.98. The fraction of sp³-hybridized carbons (Fsp3) is 0.833. The van der Waals surface area contributed by atoms with Crippen LogP contribution in [0.25, 0.3) is 0 Å². The summed E-state index contributed by atoms with van der Waals surface area (Å²) in [6.45, 7) is 0. The number of hydrogen-bond donors (Lipinski definition) is 1. The van der Waals surface area contributed by atoms with E-state index in [1.54, 1.807) is 0 Å². The molecule has 0 radical (unpaired) electrons. The molecule has 1 saturated carbocycles. The van der Waals surface area contributed by atoms with Crippen molar-refractivity contribution in [1.82, 2.24) is 4.90 Å². The summed E-state index contributed by atoms with van der Waals surface area (Å²) in [4.78, 5) is 1.98. The van der Waals surface area contributed by atoms with Crippen molar-refractivity contribution in [2.45, 2.75) is 25.3 Å². The average molecular weight is 112 g/mol. The fourth-order valence-electron chi connectivity index (χ4n) is 0.899. The second-order valence-corrected chi connectivity index (χ2v) is 2.38. The normalized spacial score (nSPS) is 19.6. The molecule has 1 N–H and O–H groups in total. The van der Waals surface area contributed by atoms with Gasteiger partial charge >= 0.3 is 0 Å². The molecular formula is C6H12N2. The summed E-state index contributed by atoms with van der Waals surface area (Å²) < 4.78 is 0. The molecule has 1 fully saturated rings. The van der Waals surface area contributed by atoms with Gasteiger partial charge in [-0.1, -0.05) is 0 Å². The minimum absolute atomic E-state index is 0.688. The summed E-state index contributed by atoms with van der Waals surface area (Å²) in [6, 6.07) is 0.688. The molecule has 0 bridgehead atoms. The van der Waals surface area contributed by atoms with Crippen molar-refractivity contribution in [3.05, 3.63) is 0 Å². The molecule has 0 heterocycles. The van der Waals surface area contributed by atoms with Crippen LogP contribution >= 0.6 is 0 Å². The number of rotatable bonds is 2. The third-order valence-corrected chi connectivity index (χ3v) is 1.85. The van der Waals surface area contributed by atoms with E-state index in [0.29, 0.717) is 6.04 Å². The topological polar surface area (TPSA) is 27.1 Å². The Hall–Kier alpha value is -0.530. The van der Waals surface area contributed by atoms with Gasteiger partial charge in [0.1, 0.15) is 0 Å². The van der Waals surface area contributed by atoms with Crippen LogP contribution in [0.4, 0.5) is 0 Å². The third kappa shape index (κ3) is 0.831. The van der Waals surface area contributed by atoms with Crippen molar-refractivity contribution in [3.8, 4) is 0 Å². The Kier molecular flexibility index (Phi) is 1.51. The molecule has 0 amide bonds. The molecule has 2 heteroatoms. The van der Waals surface area contributed by atoms with Crippen LogP contribution in [-0.2, 0) is 0 Å². The lowest BCUT2D eigenvalue weighted by atomic mass is 9.92. The summed E-state index contributed by atoms with van der Waals surface area (Å²) in [6.07, 6.45) is 5.32. The van der Waals surface area contributed by atoms with Gasteiger partial charge in [-0.05, 0) is 19.3 Å². The van der Waals surface area contributed by atoms with Crippen LogP contribution in [0.15, 0.2) is 0 Å². The third-order valence-electron chi connectivity index (χ3n) is 1.85. The quantitative estimate of drug-likeness (QED) is 0.420. The first-order valence-electron chi connectivity index (χ1n) is 3.07. The van der Waals surface area contributed by atoms with Gasteiger partial charge in [0.05, 0.1) is 6.34 Å². The van der Waals surface area contributed by atoms with Crippen molar-refractivity contribution in [2.75, 3.05) is 7.05 Å². The van der Waals surface area contributed by atoms with Crippen LogP contribution in [0.2, 0.25) is 0 Å². The number of nitrogens with zero attached hydrogens (tertiary/aromatic N) is 1. The predicted molar refractivity (Wildman–Crippen MR) is 34.2 cm³/mol. The van der Waals surface area contributed by atoms with E-state index in [2.05, 4.69) is 0 Å². The van der Waals surface area contributed by atoms with Crippen molar-refractivity contribution in [1.29, 1.82) is 5.41 Å². The van der Waals surface area contributed by atoms with Gasteiger partial charge in [-0.15, -0.1) is 0 Å². The van der Waals surface area contributed by atoms with Crippen LogP contribution in [0.1, 0.15) is 19.3 Å². The van der Waals surface area contributed by atoms with Crippen LogP contribution in [0.3, 0.4) is 0 Å². The summed E-state index contributed by atoms with van der Waals surface area (Å²) in [7, 11) is 1.97. The molecular weight excluding hydrogens is 100 g/mol. The lowest BCUT2D eigenvalue weighted by molar-refractivity contribution is 0.245. The van der Waals surface area contributed by atoms with E-state index in [4.69, 9.17) is 5.41 Å². The second-order valence-electron chi connectivity index (χ2n) is 2.38. The van der Waals surface area contributed by atoms with Crippen LogP contribution in [0.5, 0.6) is 0 Å². The van der Waals surface area contributed by atoms with Crippen LogP contribution in [0, 0.1) is 5.41 Å². The van der Waals surface area contributed by atoms with E-state index >= 15 is 0 Å². The highest BCUT2D eigenvalue weighted by atomic mass is 15.1. The zero-order valence-electron chi connectivity index (χ0n) is 5.22. The molecule has 0 spiro atoms. The minimum atomic E-state index is 0.688. The molecule has 0 aromatic heterocycles. The monoisotopic (exact) mass is 112 g/mol. The Morgan fingerprint density at radius 1 is 1.62 bits per heavy atom. The van der Waals surface area contributed by atoms with E-state index in [1.165, 1.54) is 25.6 Å². The van der Waals surface area contributed by atoms with E-state index in [1.807, 2.05) is 11.9 Å². The van der Waals surface area contributed by atoms with Crippen LogP contribution in [-0.4, -0.2) is 24.3 Å². The van der Waals surface area contributed by atoms with Gasteiger partial charge in [-0.25, -0.2) is 0 Å². The second kappa shape index (κ2) is 2.16. The van der Waals surface area contributed by atoms with Crippen LogP contribution < -0.4 is 0 Å². The average Bonchev–Trinajstić information content (AvgIpc) is 1.62. The molecule has 46 valence electrons. The molecule has 0 saturated heterocycles. The Balaban J connectivity index is 2.22. The summed E-state index contributed by atoms with van der Waals surface area (Å²) >= 11 is 0. The van der Waals surface area contributed by atoms with Crippen molar-refractivity contribution < 1.29 is 0 Å². The Morgan fingerprint density at radius 2 is 2.25 bits per heavy atom. The Morgan fingerprint density at radius 3 is 2.38 bits per heavy atom. The first kappa shape index (κ1) is 5.60. The SMILES string of the molecule is CN(C=N)C1CCC1. The lowest BCUT2D eigenvalue weighted by Gasteiger charge is -2.32. The molecule has 1 aliphatic rings. The summed E-state index contributed by atoms with van der Waals surface area (Å²) in [5.41, 5.74) is 0.